The molecule has 0 saturated carbocycles. The number of carboxylic acid groups (broad SMARTS) is 1. The second-order valence-electron chi connectivity index (χ2n) is 5.99. The highest BCUT2D eigenvalue weighted by atomic mass is 35.5. The molecule has 0 atom stereocenters. The number of fused-ring (bicyclic) bond motifs is 1. The summed E-state index contributed by atoms with van der Waals surface area (Å²) in [6, 6.07) is 15.6. The Kier molecular flexibility index (Phi) is 4.94. The number of benzene rings is 2. The van der Waals surface area contributed by atoms with Crippen molar-refractivity contribution in [3.63, 3.8) is 0 Å². The van der Waals surface area contributed by atoms with Gasteiger partial charge < -0.3 is 5.11 Å². The Morgan fingerprint density at radius 3 is 2.21 bits per heavy atom. The summed E-state index contributed by atoms with van der Waals surface area (Å²) in [4.78, 5) is 20.5. The van der Waals surface area contributed by atoms with Crippen molar-refractivity contribution in [2.45, 2.75) is 0 Å². The predicted molar refractivity (Wildman–Crippen MR) is 112 cm³/mol. The molecule has 0 amide bonds. The molecule has 2 heterocycles. The van der Waals surface area contributed by atoms with Crippen molar-refractivity contribution in [3.8, 4) is 22.4 Å². The zero-order chi connectivity index (χ0) is 19.8. The van der Waals surface area contributed by atoms with Crippen LogP contribution in [-0.4, -0.2) is 21.0 Å². The lowest BCUT2D eigenvalue weighted by molar-refractivity contribution is 0.0691. The molecule has 4 rings (SSSR count). The van der Waals surface area contributed by atoms with Crippen molar-refractivity contribution in [2.75, 3.05) is 0 Å². The topological polar surface area (TPSA) is 63.1 Å². The second kappa shape index (κ2) is 7.40. The van der Waals surface area contributed by atoms with E-state index in [4.69, 9.17) is 34.8 Å². The van der Waals surface area contributed by atoms with Crippen LogP contribution in [0.4, 0.5) is 0 Å². The number of aromatic carboxylic acids is 1. The summed E-state index contributed by atoms with van der Waals surface area (Å²) in [5, 5.41) is 11.6. The zero-order valence-corrected chi connectivity index (χ0v) is 16.4. The maximum atomic E-state index is 11.7. The lowest BCUT2D eigenvalue weighted by Gasteiger charge is -2.13. The molecule has 0 aliphatic carbocycles. The minimum Gasteiger partial charge on any atom is -0.477 e. The number of hydrogen-bond donors (Lipinski definition) is 1. The molecular weight excluding hydrogens is 419 g/mol. The summed E-state index contributed by atoms with van der Waals surface area (Å²) in [6.45, 7) is 0. The third-order valence-corrected chi connectivity index (χ3v) is 5.27. The minimum atomic E-state index is -1.16. The number of carboxylic acids is 1. The van der Waals surface area contributed by atoms with E-state index >= 15 is 0 Å². The Morgan fingerprint density at radius 2 is 1.54 bits per heavy atom. The van der Waals surface area contributed by atoms with E-state index in [1.54, 1.807) is 36.5 Å². The van der Waals surface area contributed by atoms with Crippen LogP contribution in [0.5, 0.6) is 0 Å². The van der Waals surface area contributed by atoms with Crippen LogP contribution in [0, 0.1) is 0 Å². The van der Waals surface area contributed by atoms with E-state index < -0.39 is 5.97 Å². The summed E-state index contributed by atoms with van der Waals surface area (Å²) >= 11 is 19.1. The summed E-state index contributed by atoms with van der Waals surface area (Å²) in [7, 11) is 0. The van der Waals surface area contributed by atoms with Gasteiger partial charge in [-0.15, -0.1) is 0 Å². The molecule has 1 N–H and O–H groups in total. The van der Waals surface area contributed by atoms with E-state index in [9.17, 15) is 9.90 Å². The summed E-state index contributed by atoms with van der Waals surface area (Å²) in [5.41, 5.74) is 2.49. The van der Waals surface area contributed by atoms with Gasteiger partial charge in [-0.3, -0.25) is 4.98 Å². The molecule has 7 heteroatoms. The van der Waals surface area contributed by atoms with Crippen LogP contribution in [0.25, 0.3) is 33.3 Å². The average molecular weight is 430 g/mol. The Hall–Kier alpha value is -2.66. The number of pyridine rings is 2. The Balaban J connectivity index is 2.14. The van der Waals surface area contributed by atoms with E-state index in [0.29, 0.717) is 48.4 Å². The molecule has 0 fully saturated rings. The molecule has 0 bridgehead atoms. The minimum absolute atomic E-state index is 0.125. The predicted octanol–water partition coefficient (Wildman–Crippen LogP) is 6.62. The molecule has 0 spiro atoms. The SMILES string of the molecule is O=C(O)c1cc(-c2ccccc2Cl)c2ccnc(-c3c(Cl)cccc3Cl)c2n1. The zero-order valence-electron chi connectivity index (χ0n) is 14.2. The standard InChI is InChI=1S/C21H11Cl3N2O2/c22-14-5-2-1-4-11(14)13-10-17(21(27)28)26-19-12(13)8-9-25-20(19)18-15(23)6-3-7-16(18)24/h1-10H,(H,27,28). The highest BCUT2D eigenvalue weighted by molar-refractivity contribution is 6.39. The third-order valence-electron chi connectivity index (χ3n) is 4.31. The van der Waals surface area contributed by atoms with Crippen LogP contribution in [0.2, 0.25) is 15.1 Å². The molecule has 0 aliphatic heterocycles. The van der Waals surface area contributed by atoms with E-state index in [2.05, 4.69) is 9.97 Å². The number of hydrogen-bond acceptors (Lipinski definition) is 3. The quantitative estimate of drug-likeness (QED) is 0.397. The maximum Gasteiger partial charge on any atom is 0.354 e. The first-order chi connectivity index (χ1) is 13.5. The van der Waals surface area contributed by atoms with Crippen molar-refractivity contribution >= 4 is 51.7 Å². The van der Waals surface area contributed by atoms with Gasteiger partial charge in [0, 0.05) is 27.7 Å². The number of carbonyl (C=O) groups is 1. The van der Waals surface area contributed by atoms with E-state index in [1.165, 1.54) is 6.07 Å². The van der Waals surface area contributed by atoms with E-state index in [0.717, 1.165) is 0 Å². The van der Waals surface area contributed by atoms with Gasteiger partial charge in [0.05, 0.1) is 21.3 Å². The Labute approximate surface area is 175 Å². The molecular formula is C21H11Cl3N2O2. The molecule has 0 unspecified atom stereocenters. The van der Waals surface area contributed by atoms with Gasteiger partial charge in [-0.1, -0.05) is 59.1 Å². The highest BCUT2D eigenvalue weighted by Gasteiger charge is 2.19. The first-order valence-corrected chi connectivity index (χ1v) is 9.33. The van der Waals surface area contributed by atoms with Crippen LogP contribution >= 0.6 is 34.8 Å². The van der Waals surface area contributed by atoms with Crippen molar-refractivity contribution in [2.24, 2.45) is 0 Å². The molecule has 138 valence electrons. The largest absolute Gasteiger partial charge is 0.477 e. The molecule has 0 aliphatic rings. The molecule has 0 saturated heterocycles. The van der Waals surface area contributed by atoms with E-state index in [1.807, 2.05) is 18.2 Å². The number of rotatable bonds is 3. The van der Waals surface area contributed by atoms with Crippen LogP contribution in [0.1, 0.15) is 10.5 Å². The van der Waals surface area contributed by atoms with Gasteiger partial charge in [0.2, 0.25) is 0 Å². The van der Waals surface area contributed by atoms with Gasteiger partial charge in [0.25, 0.3) is 0 Å². The van der Waals surface area contributed by atoms with Gasteiger partial charge >= 0.3 is 5.97 Å². The third kappa shape index (κ3) is 3.20. The van der Waals surface area contributed by atoms with Crippen LogP contribution in [0.3, 0.4) is 0 Å². The smallest absolute Gasteiger partial charge is 0.354 e. The monoisotopic (exact) mass is 428 g/mol. The first kappa shape index (κ1) is 18.7. The van der Waals surface area contributed by atoms with E-state index in [-0.39, 0.29) is 5.69 Å². The molecule has 2 aromatic carbocycles. The van der Waals surface area contributed by atoms with Crippen molar-refractivity contribution < 1.29 is 9.90 Å². The second-order valence-corrected chi connectivity index (χ2v) is 7.21. The number of nitrogens with zero attached hydrogens (tertiary/aromatic N) is 2. The first-order valence-electron chi connectivity index (χ1n) is 8.19. The highest BCUT2D eigenvalue weighted by Crippen LogP contribution is 2.40. The van der Waals surface area contributed by atoms with Crippen molar-refractivity contribution in [3.05, 3.63) is 81.6 Å². The van der Waals surface area contributed by atoms with Gasteiger partial charge in [0.15, 0.2) is 0 Å². The van der Waals surface area contributed by atoms with Crippen molar-refractivity contribution in [1.82, 2.24) is 9.97 Å². The normalized spacial score (nSPS) is 11.0. The fraction of sp³-hybridized carbons (Fsp3) is 0. The summed E-state index contributed by atoms with van der Waals surface area (Å²) < 4.78 is 0. The van der Waals surface area contributed by atoms with Gasteiger partial charge in [0.1, 0.15) is 5.69 Å². The van der Waals surface area contributed by atoms with Crippen LogP contribution in [0.15, 0.2) is 60.8 Å². The molecule has 4 aromatic rings. The molecule has 0 radical (unpaired) electrons. The van der Waals surface area contributed by atoms with Crippen LogP contribution in [-0.2, 0) is 0 Å². The fourth-order valence-corrected chi connectivity index (χ4v) is 3.88. The maximum absolute atomic E-state index is 11.7. The molecule has 4 nitrogen and oxygen atoms in total. The van der Waals surface area contributed by atoms with Crippen LogP contribution < -0.4 is 0 Å². The van der Waals surface area contributed by atoms with Crippen molar-refractivity contribution in [1.29, 1.82) is 0 Å². The summed E-state index contributed by atoms with van der Waals surface area (Å²) in [5.74, 6) is -1.16. The lowest BCUT2D eigenvalue weighted by Crippen LogP contribution is -2.03. The van der Waals surface area contributed by atoms with Gasteiger partial charge in [-0.2, -0.15) is 0 Å². The number of halogens is 3. The Morgan fingerprint density at radius 1 is 0.857 bits per heavy atom. The molecule has 2 aromatic heterocycles. The average Bonchev–Trinajstić information content (AvgIpc) is 2.67. The van der Waals surface area contributed by atoms with Gasteiger partial charge in [-0.25, -0.2) is 9.78 Å². The van der Waals surface area contributed by atoms with Gasteiger partial charge in [-0.05, 0) is 35.9 Å². The number of aromatic nitrogens is 2. The summed E-state index contributed by atoms with van der Waals surface area (Å²) in [6.07, 6.45) is 1.61. The molecule has 28 heavy (non-hydrogen) atoms. The fourth-order valence-electron chi connectivity index (χ4n) is 3.07. The Bertz CT molecular complexity index is 1220. The lowest BCUT2D eigenvalue weighted by atomic mass is 9.98.